The Hall–Kier alpha value is -2.90. The number of carboxylic acids is 1. The maximum atomic E-state index is 12.8. The quantitative estimate of drug-likeness (QED) is 0.0278. The van der Waals surface area contributed by atoms with Crippen molar-refractivity contribution in [2.24, 2.45) is 0 Å². The molecule has 0 bridgehead atoms. The number of allylic oxidation sites excluding steroid dienone is 6. The van der Waals surface area contributed by atoms with E-state index in [4.69, 9.17) is 19.3 Å². The van der Waals surface area contributed by atoms with E-state index in [0.717, 1.165) is 141 Å². The van der Waals surface area contributed by atoms with Crippen molar-refractivity contribution in [3.63, 3.8) is 0 Å². The molecule has 0 aromatic carbocycles. The molecule has 8 heteroatoms. The number of unbranched alkanes of at least 4 members (excludes halogenated alkanes) is 32. The zero-order valence-corrected chi connectivity index (χ0v) is 42.5. The van der Waals surface area contributed by atoms with Gasteiger partial charge in [-0.05, 0) is 103 Å². The van der Waals surface area contributed by atoms with Crippen LogP contribution in [-0.2, 0) is 33.4 Å². The van der Waals surface area contributed by atoms with Gasteiger partial charge in [0.1, 0.15) is 13.2 Å². The molecular weight excluding hydrogens is 813 g/mol. The van der Waals surface area contributed by atoms with Crippen LogP contribution in [0, 0.1) is 0 Å². The highest BCUT2D eigenvalue weighted by Gasteiger charge is 2.19. The van der Waals surface area contributed by atoms with Gasteiger partial charge in [0.05, 0.1) is 0 Å². The number of carbonyl (C=O) groups is 4. The molecule has 0 heterocycles. The second-order valence-corrected chi connectivity index (χ2v) is 18.6. The maximum absolute atomic E-state index is 12.8. The Bertz CT molecular complexity index is 1100. The summed E-state index contributed by atoms with van der Waals surface area (Å²) in [6.07, 6.45) is 57.7. The van der Waals surface area contributed by atoms with E-state index >= 15 is 0 Å². The SMILES string of the molecule is CCCCCCCC/C=C\CCCCCCCC(=O)OCC(COC(=O)CCCCCCC/C=C\CCCCCCCC)OC(=O)CCCCCCC/C=C/CCCCCCCC(=O)O. The zero-order chi connectivity index (χ0) is 47.4. The molecular formula is C57H102O8. The molecule has 0 aromatic rings. The molecule has 0 aliphatic rings. The molecule has 0 amide bonds. The van der Waals surface area contributed by atoms with Gasteiger partial charge in [-0.15, -0.1) is 0 Å². The van der Waals surface area contributed by atoms with Crippen molar-refractivity contribution in [2.45, 2.75) is 290 Å². The Morgan fingerprint density at radius 1 is 0.338 bits per heavy atom. The Labute approximate surface area is 400 Å². The van der Waals surface area contributed by atoms with Gasteiger partial charge in [0.15, 0.2) is 6.10 Å². The first-order valence-corrected chi connectivity index (χ1v) is 27.6. The van der Waals surface area contributed by atoms with Crippen molar-refractivity contribution in [2.75, 3.05) is 13.2 Å². The van der Waals surface area contributed by atoms with E-state index in [1.807, 2.05) is 0 Å². The Balaban J connectivity index is 4.40. The molecule has 378 valence electrons. The van der Waals surface area contributed by atoms with Crippen molar-refractivity contribution in [3.8, 4) is 0 Å². The molecule has 0 aliphatic heterocycles. The van der Waals surface area contributed by atoms with Gasteiger partial charge in [0.2, 0.25) is 0 Å². The molecule has 0 atom stereocenters. The summed E-state index contributed by atoms with van der Waals surface area (Å²) in [5, 5.41) is 8.71. The van der Waals surface area contributed by atoms with E-state index in [1.54, 1.807) is 0 Å². The molecule has 0 fully saturated rings. The standard InChI is InChI=1S/C57H102O8/c1-3-5-7-9-11-13-15-17-19-24-28-32-36-40-44-48-55(60)63-51-53(52-64-56(61)49-45-41-37-33-29-25-20-18-16-14-12-10-8-6-4-2)65-57(62)50-46-42-38-34-30-26-22-21-23-27-31-35-39-43-47-54(58)59/h17-22,53H,3-16,23-52H2,1-2H3,(H,58,59)/b19-17-,20-18-,22-21+. The van der Waals surface area contributed by atoms with Gasteiger partial charge in [0.25, 0.3) is 0 Å². The lowest BCUT2D eigenvalue weighted by molar-refractivity contribution is -0.167. The molecule has 1 N–H and O–H groups in total. The summed E-state index contributed by atoms with van der Waals surface area (Å²) in [7, 11) is 0. The first kappa shape index (κ1) is 62.1. The fourth-order valence-electron chi connectivity index (χ4n) is 7.92. The van der Waals surface area contributed by atoms with Crippen LogP contribution in [0.25, 0.3) is 0 Å². The topological polar surface area (TPSA) is 116 Å². The summed E-state index contributed by atoms with van der Waals surface area (Å²) in [4.78, 5) is 48.6. The average molecular weight is 915 g/mol. The van der Waals surface area contributed by atoms with E-state index in [-0.39, 0.29) is 37.5 Å². The van der Waals surface area contributed by atoms with Crippen LogP contribution in [0.3, 0.4) is 0 Å². The molecule has 0 rings (SSSR count). The number of carbonyl (C=O) groups excluding carboxylic acids is 3. The molecule has 0 saturated heterocycles. The van der Waals surface area contributed by atoms with Gasteiger partial charge in [-0.25, -0.2) is 0 Å². The summed E-state index contributed by atoms with van der Waals surface area (Å²) in [5.41, 5.74) is 0. The lowest BCUT2D eigenvalue weighted by Crippen LogP contribution is -2.30. The first-order valence-electron chi connectivity index (χ1n) is 27.6. The molecule has 65 heavy (non-hydrogen) atoms. The third-order valence-corrected chi connectivity index (χ3v) is 12.1. The van der Waals surface area contributed by atoms with E-state index in [9.17, 15) is 19.2 Å². The highest BCUT2D eigenvalue weighted by molar-refractivity contribution is 5.71. The van der Waals surface area contributed by atoms with Gasteiger partial charge in [0, 0.05) is 25.7 Å². The fraction of sp³-hybridized carbons (Fsp3) is 0.825. The summed E-state index contributed by atoms with van der Waals surface area (Å²) < 4.78 is 16.8. The number of esters is 3. The van der Waals surface area contributed by atoms with E-state index in [1.165, 1.54) is 103 Å². The average Bonchev–Trinajstić information content (AvgIpc) is 3.29. The van der Waals surface area contributed by atoms with E-state index in [0.29, 0.717) is 19.3 Å². The molecule has 0 spiro atoms. The minimum atomic E-state index is -0.803. The molecule has 8 nitrogen and oxygen atoms in total. The number of ether oxygens (including phenoxy) is 3. The summed E-state index contributed by atoms with van der Waals surface area (Å²) >= 11 is 0. The van der Waals surface area contributed by atoms with Crippen LogP contribution in [0.4, 0.5) is 0 Å². The van der Waals surface area contributed by atoms with Crippen molar-refractivity contribution in [1.29, 1.82) is 0 Å². The highest BCUT2D eigenvalue weighted by atomic mass is 16.6. The number of hydrogen-bond acceptors (Lipinski definition) is 7. The number of aliphatic carboxylic acids is 1. The predicted molar refractivity (Wildman–Crippen MR) is 272 cm³/mol. The van der Waals surface area contributed by atoms with Crippen LogP contribution in [0.1, 0.15) is 284 Å². The van der Waals surface area contributed by atoms with Crippen LogP contribution in [0.5, 0.6) is 0 Å². The number of hydrogen-bond donors (Lipinski definition) is 1. The predicted octanol–water partition coefficient (Wildman–Crippen LogP) is 17.2. The second-order valence-electron chi connectivity index (χ2n) is 18.6. The van der Waals surface area contributed by atoms with Gasteiger partial charge >= 0.3 is 23.9 Å². The molecule has 0 saturated carbocycles. The largest absolute Gasteiger partial charge is 0.481 e. The highest BCUT2D eigenvalue weighted by Crippen LogP contribution is 2.15. The Kier molecular flexibility index (Phi) is 49.8. The molecule has 0 unspecified atom stereocenters. The first-order chi connectivity index (χ1) is 31.9. The van der Waals surface area contributed by atoms with E-state index < -0.39 is 12.1 Å². The molecule has 0 aromatic heterocycles. The summed E-state index contributed by atoms with van der Waals surface area (Å²) in [6, 6.07) is 0. The lowest BCUT2D eigenvalue weighted by Gasteiger charge is -2.18. The fourth-order valence-corrected chi connectivity index (χ4v) is 7.92. The van der Waals surface area contributed by atoms with Crippen LogP contribution < -0.4 is 0 Å². The van der Waals surface area contributed by atoms with Gasteiger partial charge in [-0.2, -0.15) is 0 Å². The lowest BCUT2D eigenvalue weighted by atomic mass is 10.1. The minimum absolute atomic E-state index is 0.101. The molecule has 0 radical (unpaired) electrons. The maximum Gasteiger partial charge on any atom is 0.306 e. The van der Waals surface area contributed by atoms with Crippen molar-refractivity contribution < 1.29 is 38.5 Å². The van der Waals surface area contributed by atoms with Crippen LogP contribution in [0.15, 0.2) is 36.5 Å². The number of carboxylic acid groups (broad SMARTS) is 1. The third-order valence-electron chi connectivity index (χ3n) is 12.1. The van der Waals surface area contributed by atoms with Crippen molar-refractivity contribution in [3.05, 3.63) is 36.5 Å². The van der Waals surface area contributed by atoms with Crippen molar-refractivity contribution >= 4 is 23.9 Å². The van der Waals surface area contributed by atoms with Crippen LogP contribution in [-0.4, -0.2) is 48.3 Å². The van der Waals surface area contributed by atoms with Crippen LogP contribution in [0.2, 0.25) is 0 Å². The summed E-state index contributed by atoms with van der Waals surface area (Å²) in [5.74, 6) is -1.66. The van der Waals surface area contributed by atoms with Crippen molar-refractivity contribution in [1.82, 2.24) is 0 Å². The Morgan fingerprint density at radius 3 is 0.877 bits per heavy atom. The van der Waals surface area contributed by atoms with Gasteiger partial charge < -0.3 is 19.3 Å². The summed E-state index contributed by atoms with van der Waals surface area (Å²) in [6.45, 7) is 4.31. The van der Waals surface area contributed by atoms with E-state index in [2.05, 4.69) is 50.3 Å². The minimum Gasteiger partial charge on any atom is -0.481 e. The monoisotopic (exact) mass is 915 g/mol. The van der Waals surface area contributed by atoms with Crippen LogP contribution >= 0.6 is 0 Å². The zero-order valence-electron chi connectivity index (χ0n) is 42.5. The smallest absolute Gasteiger partial charge is 0.306 e. The normalized spacial score (nSPS) is 11.7. The number of rotatable bonds is 51. The molecule has 0 aliphatic carbocycles. The van der Waals surface area contributed by atoms with Gasteiger partial charge in [-0.1, -0.05) is 192 Å². The second kappa shape index (κ2) is 52.1. The van der Waals surface area contributed by atoms with Gasteiger partial charge in [-0.3, -0.25) is 19.2 Å². The Morgan fingerprint density at radius 2 is 0.585 bits per heavy atom. The third kappa shape index (κ3) is 51.9.